The Kier molecular flexibility index (Phi) is 6.45. The lowest BCUT2D eigenvalue weighted by Gasteiger charge is -2.36. The molecule has 1 aliphatic carbocycles. The number of carbonyl (C=O) groups excluding carboxylic acids is 2. The van der Waals surface area contributed by atoms with Gasteiger partial charge in [-0.3, -0.25) is 9.59 Å². The first kappa shape index (κ1) is 19.4. The molecule has 0 bridgehead atoms. The smallest absolute Gasteiger partial charge is 0.312 e. The number of amides is 1. The molecule has 0 radical (unpaired) electrons. The van der Waals surface area contributed by atoms with Crippen LogP contribution in [0.2, 0.25) is 0 Å². The van der Waals surface area contributed by atoms with Crippen LogP contribution >= 0.6 is 11.8 Å². The maximum atomic E-state index is 12.2. The molecule has 1 amide bonds. The molecule has 1 fully saturated rings. The minimum absolute atomic E-state index is 0.00552. The molecule has 6 nitrogen and oxygen atoms in total. The monoisotopic (exact) mass is 385 g/mol. The third kappa shape index (κ3) is 5.29. The number of methoxy groups -OCH3 is 1. The lowest BCUT2D eigenvalue weighted by molar-refractivity contribution is -0.149. The van der Waals surface area contributed by atoms with Gasteiger partial charge in [0.05, 0.1) is 13.0 Å². The van der Waals surface area contributed by atoms with Gasteiger partial charge in [-0.25, -0.2) is 9.97 Å². The van der Waals surface area contributed by atoms with Gasteiger partial charge >= 0.3 is 5.97 Å². The molecule has 0 unspecified atom stereocenters. The number of hydrogen-bond acceptors (Lipinski definition) is 6. The van der Waals surface area contributed by atoms with Crippen LogP contribution in [0, 0.1) is 12.8 Å². The summed E-state index contributed by atoms with van der Waals surface area (Å²) < 4.78 is 4.69. The van der Waals surface area contributed by atoms with Crippen molar-refractivity contribution >= 4 is 23.0 Å². The second-order valence-electron chi connectivity index (χ2n) is 6.71. The van der Waals surface area contributed by atoms with Crippen LogP contribution in [-0.2, 0) is 16.0 Å². The molecule has 1 aliphatic heterocycles. The van der Waals surface area contributed by atoms with Crippen LogP contribution in [0.1, 0.15) is 17.8 Å². The average Bonchev–Trinajstić information content (AvgIpc) is 2.85. The molecule has 2 heterocycles. The van der Waals surface area contributed by atoms with Gasteiger partial charge < -0.3 is 9.64 Å². The third-order valence-electron chi connectivity index (χ3n) is 4.50. The lowest BCUT2D eigenvalue weighted by Crippen LogP contribution is -2.52. The van der Waals surface area contributed by atoms with Crippen LogP contribution < -0.4 is 0 Å². The normalized spacial score (nSPS) is 16.9. The molecule has 27 heavy (non-hydrogen) atoms. The number of nitrogens with zero attached hydrogens (tertiary/aromatic N) is 3. The van der Waals surface area contributed by atoms with Crippen molar-refractivity contribution in [1.82, 2.24) is 14.9 Å². The first-order valence-corrected chi connectivity index (χ1v) is 9.86. The second-order valence-corrected chi connectivity index (χ2v) is 7.63. The van der Waals surface area contributed by atoms with E-state index in [4.69, 9.17) is 4.74 Å². The Bertz CT molecular complexity index is 793. The Morgan fingerprint density at radius 3 is 2.70 bits per heavy atom. The zero-order chi connectivity index (χ0) is 19.2. The summed E-state index contributed by atoms with van der Waals surface area (Å²) in [6, 6.07) is 0. The number of aryl methyl sites for hydroxylation is 1. The lowest BCUT2D eigenvalue weighted by atomic mass is 10.0. The number of rotatable bonds is 5. The summed E-state index contributed by atoms with van der Waals surface area (Å²) in [4.78, 5) is 34.0. The predicted molar refractivity (Wildman–Crippen MR) is 105 cm³/mol. The van der Waals surface area contributed by atoms with E-state index in [1.54, 1.807) is 4.90 Å². The van der Waals surface area contributed by atoms with Crippen molar-refractivity contribution in [2.75, 3.05) is 26.0 Å². The summed E-state index contributed by atoms with van der Waals surface area (Å²) >= 11 is 1.27. The van der Waals surface area contributed by atoms with Crippen LogP contribution in [0.4, 0.5) is 4.79 Å². The molecular formula is C20H23N3O3S. The summed E-state index contributed by atoms with van der Waals surface area (Å²) in [5.74, 6) is 1.01. The van der Waals surface area contributed by atoms with E-state index in [0.717, 1.165) is 29.8 Å². The molecule has 0 N–H and O–H groups in total. The molecule has 7 heteroatoms. The topological polar surface area (TPSA) is 72.4 Å². The number of esters is 1. The SMILES string of the molecule is COC(=O)C1CN(C(=O)SCC2=CC=C(Cc3ncc(C)cn3)CC=C2)C1. The van der Waals surface area contributed by atoms with Gasteiger partial charge in [-0.2, -0.15) is 0 Å². The van der Waals surface area contributed by atoms with Crippen molar-refractivity contribution < 1.29 is 14.3 Å². The molecule has 0 saturated carbocycles. The average molecular weight is 385 g/mol. The number of ether oxygens (including phenoxy) is 1. The van der Waals surface area contributed by atoms with Crippen molar-refractivity contribution in [3.05, 3.63) is 59.2 Å². The van der Waals surface area contributed by atoms with E-state index in [1.165, 1.54) is 24.4 Å². The highest BCUT2D eigenvalue weighted by molar-refractivity contribution is 8.13. The van der Waals surface area contributed by atoms with Crippen molar-refractivity contribution in [2.24, 2.45) is 5.92 Å². The van der Waals surface area contributed by atoms with Crippen molar-refractivity contribution in [3.63, 3.8) is 0 Å². The zero-order valence-corrected chi connectivity index (χ0v) is 16.4. The second kappa shape index (κ2) is 8.99. The Labute approximate surface area is 163 Å². The van der Waals surface area contributed by atoms with E-state index in [9.17, 15) is 9.59 Å². The van der Waals surface area contributed by atoms with Crippen LogP contribution in [0.25, 0.3) is 0 Å². The standard InChI is InChI=1S/C20H23N3O3S/c1-14-9-21-18(22-10-14)8-15-4-3-5-16(7-6-15)13-27-20(25)23-11-17(12-23)19(24)26-2/h3,5-7,9-10,17H,4,8,11-13H2,1-2H3. The first-order valence-electron chi connectivity index (χ1n) is 8.87. The number of carbonyl (C=O) groups is 2. The van der Waals surface area contributed by atoms with Gasteiger partial charge in [0.15, 0.2) is 0 Å². The largest absolute Gasteiger partial charge is 0.469 e. The fourth-order valence-electron chi connectivity index (χ4n) is 2.83. The minimum Gasteiger partial charge on any atom is -0.469 e. The quantitative estimate of drug-likeness (QED) is 0.725. The number of aromatic nitrogens is 2. The highest BCUT2D eigenvalue weighted by Gasteiger charge is 2.36. The van der Waals surface area contributed by atoms with E-state index < -0.39 is 0 Å². The Balaban J connectivity index is 1.48. The number of likely N-dealkylation sites (tertiary alicyclic amines) is 1. The summed E-state index contributed by atoms with van der Waals surface area (Å²) in [6.45, 7) is 2.88. The molecular weight excluding hydrogens is 362 g/mol. The van der Waals surface area contributed by atoms with Crippen LogP contribution in [0.3, 0.4) is 0 Å². The first-order chi connectivity index (χ1) is 13.0. The van der Waals surface area contributed by atoms with Gasteiger partial charge in [0.25, 0.3) is 5.24 Å². The molecule has 1 aromatic rings. The highest BCUT2D eigenvalue weighted by Crippen LogP contribution is 2.24. The summed E-state index contributed by atoms with van der Waals surface area (Å²) in [7, 11) is 1.37. The Hall–Kier alpha value is -2.41. The van der Waals surface area contributed by atoms with Gasteiger partial charge in [-0.05, 0) is 24.5 Å². The van der Waals surface area contributed by atoms with Gasteiger partial charge in [0.2, 0.25) is 0 Å². The fraction of sp³-hybridized carbons (Fsp3) is 0.400. The summed E-state index contributed by atoms with van der Waals surface area (Å²) in [5.41, 5.74) is 3.39. The highest BCUT2D eigenvalue weighted by atomic mass is 32.2. The maximum Gasteiger partial charge on any atom is 0.312 e. The van der Waals surface area contributed by atoms with E-state index in [1.807, 2.05) is 19.3 Å². The van der Waals surface area contributed by atoms with E-state index in [-0.39, 0.29) is 17.1 Å². The van der Waals surface area contributed by atoms with Gasteiger partial charge in [0.1, 0.15) is 5.82 Å². The maximum absolute atomic E-state index is 12.2. The number of hydrogen-bond donors (Lipinski definition) is 0. The molecule has 0 aromatic carbocycles. The van der Waals surface area contributed by atoms with Gasteiger partial charge in [-0.15, -0.1) is 0 Å². The van der Waals surface area contributed by atoms with Crippen molar-refractivity contribution in [3.8, 4) is 0 Å². The van der Waals surface area contributed by atoms with Gasteiger partial charge in [-0.1, -0.05) is 41.6 Å². The summed E-state index contributed by atoms with van der Waals surface area (Å²) in [6.07, 6.45) is 13.6. The molecule has 1 saturated heterocycles. The number of thioether (sulfide) groups is 1. The fourth-order valence-corrected chi connectivity index (χ4v) is 3.65. The molecule has 0 spiro atoms. The third-order valence-corrected chi connectivity index (χ3v) is 5.48. The van der Waals surface area contributed by atoms with Crippen molar-refractivity contribution in [1.29, 1.82) is 0 Å². The Morgan fingerprint density at radius 2 is 2.00 bits per heavy atom. The van der Waals surface area contributed by atoms with E-state index >= 15 is 0 Å². The van der Waals surface area contributed by atoms with E-state index in [0.29, 0.717) is 18.8 Å². The number of allylic oxidation sites excluding steroid dienone is 5. The van der Waals surface area contributed by atoms with Crippen LogP contribution in [-0.4, -0.2) is 52.0 Å². The van der Waals surface area contributed by atoms with Crippen molar-refractivity contribution in [2.45, 2.75) is 19.8 Å². The molecule has 3 rings (SSSR count). The van der Waals surface area contributed by atoms with Crippen LogP contribution in [0.15, 0.2) is 47.8 Å². The summed E-state index contributed by atoms with van der Waals surface area (Å²) in [5, 5.41) is 0.00552. The minimum atomic E-state index is -0.242. The zero-order valence-electron chi connectivity index (χ0n) is 15.6. The molecule has 0 atom stereocenters. The van der Waals surface area contributed by atoms with E-state index in [2.05, 4.69) is 34.3 Å². The molecule has 2 aliphatic rings. The molecule has 142 valence electrons. The van der Waals surface area contributed by atoms with Crippen LogP contribution in [0.5, 0.6) is 0 Å². The Morgan fingerprint density at radius 1 is 1.26 bits per heavy atom. The predicted octanol–water partition coefficient (Wildman–Crippen LogP) is 3.10. The van der Waals surface area contributed by atoms with Gasteiger partial charge in [0, 0.05) is 37.7 Å². The molecule has 1 aromatic heterocycles.